The van der Waals surface area contributed by atoms with Crippen LogP contribution in [0.3, 0.4) is 0 Å². The molecule has 2 aromatic heterocycles. The quantitative estimate of drug-likeness (QED) is 0.716. The summed E-state index contributed by atoms with van der Waals surface area (Å²) in [7, 11) is 0. The molecule has 2 aromatic rings. The molecule has 0 spiro atoms. The summed E-state index contributed by atoms with van der Waals surface area (Å²) in [4.78, 5) is 32.8. The SMILES string of the molecule is Cc1nc2c(n1CCO)C(=O)c1ncccc1C2=O. The van der Waals surface area contributed by atoms with E-state index in [1.165, 1.54) is 6.20 Å². The summed E-state index contributed by atoms with van der Waals surface area (Å²) in [5.41, 5.74) is 0.812. The van der Waals surface area contributed by atoms with Gasteiger partial charge in [0.2, 0.25) is 11.6 Å². The van der Waals surface area contributed by atoms with Gasteiger partial charge in [0, 0.05) is 12.7 Å². The van der Waals surface area contributed by atoms with Gasteiger partial charge in [0.05, 0.1) is 12.2 Å². The predicted molar refractivity (Wildman–Crippen MR) is 65.2 cm³/mol. The fourth-order valence-electron chi connectivity index (χ4n) is 2.34. The number of nitrogens with zero attached hydrogens (tertiary/aromatic N) is 3. The van der Waals surface area contributed by atoms with Gasteiger partial charge in [-0.15, -0.1) is 0 Å². The van der Waals surface area contributed by atoms with Crippen molar-refractivity contribution in [2.75, 3.05) is 6.61 Å². The summed E-state index contributed by atoms with van der Waals surface area (Å²) < 4.78 is 1.56. The van der Waals surface area contributed by atoms with Crippen LogP contribution in [-0.4, -0.2) is 37.8 Å². The number of hydrogen-bond donors (Lipinski definition) is 1. The van der Waals surface area contributed by atoms with Gasteiger partial charge in [0.1, 0.15) is 22.9 Å². The third kappa shape index (κ3) is 1.53. The highest BCUT2D eigenvalue weighted by atomic mass is 16.3. The molecule has 2 heterocycles. The van der Waals surface area contributed by atoms with Crippen LogP contribution in [0.15, 0.2) is 18.3 Å². The fourth-order valence-corrected chi connectivity index (χ4v) is 2.34. The maximum atomic E-state index is 12.4. The van der Waals surface area contributed by atoms with E-state index in [1.807, 2.05) is 0 Å². The lowest BCUT2D eigenvalue weighted by atomic mass is 9.94. The maximum Gasteiger partial charge on any atom is 0.230 e. The Labute approximate surface area is 108 Å². The normalized spacial score (nSPS) is 13.4. The van der Waals surface area contributed by atoms with Crippen LogP contribution in [0.5, 0.6) is 0 Å². The fraction of sp³-hybridized carbons (Fsp3) is 0.231. The predicted octanol–water partition coefficient (Wildman–Crippen LogP) is 0.354. The zero-order chi connectivity index (χ0) is 13.6. The number of aliphatic hydroxyl groups is 1. The molecule has 1 aliphatic carbocycles. The molecule has 3 rings (SSSR count). The number of imidazole rings is 1. The Kier molecular flexibility index (Phi) is 2.53. The molecule has 0 radical (unpaired) electrons. The van der Waals surface area contributed by atoms with Gasteiger partial charge in [-0.3, -0.25) is 14.6 Å². The Morgan fingerprint density at radius 2 is 2.05 bits per heavy atom. The maximum absolute atomic E-state index is 12.4. The number of fused-ring (bicyclic) bond motifs is 2. The summed E-state index contributed by atoms with van der Waals surface area (Å²) in [5, 5.41) is 9.05. The first-order chi connectivity index (χ1) is 9.15. The van der Waals surface area contributed by atoms with Crippen LogP contribution in [0, 0.1) is 6.92 Å². The monoisotopic (exact) mass is 257 g/mol. The molecule has 1 N–H and O–H groups in total. The minimum atomic E-state index is -0.320. The van der Waals surface area contributed by atoms with Crippen molar-refractivity contribution in [2.45, 2.75) is 13.5 Å². The molecule has 0 amide bonds. The second-order valence-electron chi connectivity index (χ2n) is 4.29. The van der Waals surface area contributed by atoms with Crippen molar-refractivity contribution in [1.82, 2.24) is 14.5 Å². The van der Waals surface area contributed by atoms with Crippen LogP contribution in [0.2, 0.25) is 0 Å². The Morgan fingerprint density at radius 3 is 2.79 bits per heavy atom. The molecule has 0 fully saturated rings. The molecule has 0 unspecified atom stereocenters. The zero-order valence-electron chi connectivity index (χ0n) is 10.3. The van der Waals surface area contributed by atoms with Crippen molar-refractivity contribution in [3.05, 3.63) is 46.8 Å². The number of hydrogen-bond acceptors (Lipinski definition) is 5. The number of aryl methyl sites for hydroxylation is 1. The summed E-state index contributed by atoms with van der Waals surface area (Å²) in [5.74, 6) is -0.0784. The number of carbonyl (C=O) groups is 2. The van der Waals surface area contributed by atoms with E-state index >= 15 is 0 Å². The van der Waals surface area contributed by atoms with Gasteiger partial charge in [-0.1, -0.05) is 0 Å². The number of pyridine rings is 1. The van der Waals surface area contributed by atoms with E-state index < -0.39 is 0 Å². The van der Waals surface area contributed by atoms with E-state index in [0.29, 0.717) is 5.82 Å². The molecule has 0 bridgehead atoms. The minimum Gasteiger partial charge on any atom is -0.395 e. The first-order valence-electron chi connectivity index (χ1n) is 5.87. The molecule has 0 aliphatic heterocycles. The Bertz CT molecular complexity index is 703. The Hall–Kier alpha value is -2.34. The topological polar surface area (TPSA) is 85.1 Å². The Balaban J connectivity index is 2.27. The van der Waals surface area contributed by atoms with Gasteiger partial charge < -0.3 is 9.67 Å². The van der Waals surface area contributed by atoms with Crippen molar-refractivity contribution in [1.29, 1.82) is 0 Å². The van der Waals surface area contributed by atoms with Crippen molar-refractivity contribution >= 4 is 11.6 Å². The molecule has 6 heteroatoms. The molecule has 0 atom stereocenters. The van der Waals surface area contributed by atoms with Gasteiger partial charge in [0.25, 0.3) is 0 Å². The average molecular weight is 257 g/mol. The molecule has 19 heavy (non-hydrogen) atoms. The molecular formula is C13H11N3O3. The van der Waals surface area contributed by atoms with Crippen molar-refractivity contribution in [3.8, 4) is 0 Å². The van der Waals surface area contributed by atoms with E-state index in [1.54, 1.807) is 23.6 Å². The molecule has 1 aliphatic rings. The minimum absolute atomic E-state index is 0.125. The van der Waals surface area contributed by atoms with Crippen LogP contribution in [0.4, 0.5) is 0 Å². The number of aliphatic hydroxyl groups excluding tert-OH is 1. The zero-order valence-corrected chi connectivity index (χ0v) is 10.3. The summed E-state index contributed by atoms with van der Waals surface area (Å²) in [6.07, 6.45) is 1.48. The van der Waals surface area contributed by atoms with Crippen LogP contribution in [0.25, 0.3) is 0 Å². The van der Waals surface area contributed by atoms with Gasteiger partial charge in [0.15, 0.2) is 0 Å². The third-order valence-electron chi connectivity index (χ3n) is 3.18. The lowest BCUT2D eigenvalue weighted by molar-refractivity contribution is 0.0966. The van der Waals surface area contributed by atoms with Gasteiger partial charge in [-0.25, -0.2) is 4.98 Å². The van der Waals surface area contributed by atoms with Crippen LogP contribution in [-0.2, 0) is 6.54 Å². The van der Waals surface area contributed by atoms with E-state index in [9.17, 15) is 9.59 Å². The number of aromatic nitrogens is 3. The largest absolute Gasteiger partial charge is 0.395 e. The first-order valence-corrected chi connectivity index (χ1v) is 5.87. The lowest BCUT2D eigenvalue weighted by Gasteiger charge is -2.14. The number of carbonyl (C=O) groups excluding carboxylic acids is 2. The van der Waals surface area contributed by atoms with Gasteiger partial charge >= 0.3 is 0 Å². The second-order valence-corrected chi connectivity index (χ2v) is 4.29. The highest BCUT2D eigenvalue weighted by Crippen LogP contribution is 2.26. The second kappa shape index (κ2) is 4.10. The van der Waals surface area contributed by atoms with E-state index in [4.69, 9.17) is 5.11 Å². The molecule has 0 aromatic carbocycles. The van der Waals surface area contributed by atoms with Gasteiger partial charge in [-0.05, 0) is 19.1 Å². The smallest absolute Gasteiger partial charge is 0.230 e. The third-order valence-corrected chi connectivity index (χ3v) is 3.18. The van der Waals surface area contributed by atoms with E-state index in [2.05, 4.69) is 9.97 Å². The van der Waals surface area contributed by atoms with Crippen LogP contribution in [0.1, 0.15) is 38.1 Å². The van der Waals surface area contributed by atoms with Crippen LogP contribution >= 0.6 is 0 Å². The average Bonchev–Trinajstić information content (AvgIpc) is 2.75. The lowest BCUT2D eigenvalue weighted by Crippen LogP contribution is -2.25. The molecule has 0 saturated carbocycles. The summed E-state index contributed by atoms with van der Waals surface area (Å²) >= 11 is 0. The highest BCUT2D eigenvalue weighted by molar-refractivity contribution is 6.26. The molecule has 0 saturated heterocycles. The standard InChI is InChI=1S/C13H11N3O3/c1-7-15-10-11(16(7)5-6-17)13(19)9-8(12(10)18)3-2-4-14-9/h2-4,17H,5-6H2,1H3. The molecule has 6 nitrogen and oxygen atoms in total. The van der Waals surface area contributed by atoms with Crippen LogP contribution < -0.4 is 0 Å². The van der Waals surface area contributed by atoms with Gasteiger partial charge in [-0.2, -0.15) is 0 Å². The first kappa shape index (κ1) is 11.7. The summed E-state index contributed by atoms with van der Waals surface area (Å²) in [6, 6.07) is 3.19. The number of ketones is 2. The van der Waals surface area contributed by atoms with Crippen molar-refractivity contribution < 1.29 is 14.7 Å². The van der Waals surface area contributed by atoms with Crippen molar-refractivity contribution in [2.24, 2.45) is 0 Å². The van der Waals surface area contributed by atoms with E-state index in [0.717, 1.165) is 0 Å². The Morgan fingerprint density at radius 1 is 1.26 bits per heavy atom. The highest BCUT2D eigenvalue weighted by Gasteiger charge is 2.35. The number of rotatable bonds is 2. The molecule has 96 valence electrons. The van der Waals surface area contributed by atoms with E-state index in [-0.39, 0.29) is 47.4 Å². The summed E-state index contributed by atoms with van der Waals surface area (Å²) in [6.45, 7) is 1.81. The molecular weight excluding hydrogens is 246 g/mol. The van der Waals surface area contributed by atoms with Crippen molar-refractivity contribution in [3.63, 3.8) is 0 Å².